The second kappa shape index (κ2) is 11.5. The van der Waals surface area contributed by atoms with Crippen molar-refractivity contribution in [2.75, 3.05) is 51.3 Å². The molecular formula is C27H32N6O2. The number of carbonyl (C=O) groups is 1. The minimum absolute atomic E-state index is 0.0686. The summed E-state index contributed by atoms with van der Waals surface area (Å²) in [5.74, 6) is 3.02. The Bertz CT molecular complexity index is 1150. The number of ether oxygens (including phenoxy) is 1. The number of hydrogen-bond donors (Lipinski definition) is 2. The van der Waals surface area contributed by atoms with E-state index >= 15 is 0 Å². The Morgan fingerprint density at radius 1 is 1.14 bits per heavy atom. The van der Waals surface area contributed by atoms with Crippen molar-refractivity contribution in [3.8, 4) is 22.6 Å². The number of amides is 1. The highest BCUT2D eigenvalue weighted by Gasteiger charge is 2.25. The van der Waals surface area contributed by atoms with Gasteiger partial charge in [0.05, 0.1) is 5.56 Å². The Kier molecular flexibility index (Phi) is 7.95. The van der Waals surface area contributed by atoms with Crippen LogP contribution in [0.4, 0.5) is 11.6 Å². The van der Waals surface area contributed by atoms with Gasteiger partial charge in [0.1, 0.15) is 29.5 Å². The summed E-state index contributed by atoms with van der Waals surface area (Å²) in [6.07, 6.45) is 5.99. The molecule has 0 radical (unpaired) electrons. The molecule has 1 saturated heterocycles. The Balaban J connectivity index is 1.38. The third kappa shape index (κ3) is 6.58. The van der Waals surface area contributed by atoms with Crippen molar-refractivity contribution >= 4 is 17.5 Å². The number of benzene rings is 2. The molecule has 1 unspecified atom stereocenters. The predicted octanol–water partition coefficient (Wildman–Crippen LogP) is 3.90. The second-order valence-electron chi connectivity index (χ2n) is 8.91. The molecule has 1 amide bonds. The van der Waals surface area contributed by atoms with Gasteiger partial charge < -0.3 is 25.6 Å². The minimum Gasteiger partial charge on any atom is -0.457 e. The predicted molar refractivity (Wildman–Crippen MR) is 139 cm³/mol. The number of nitrogen functional groups attached to an aromatic ring is 1. The molecule has 1 aliphatic heterocycles. The van der Waals surface area contributed by atoms with Crippen molar-refractivity contribution in [2.24, 2.45) is 5.92 Å². The Morgan fingerprint density at radius 2 is 1.89 bits per heavy atom. The van der Waals surface area contributed by atoms with Gasteiger partial charge in [-0.05, 0) is 56.3 Å². The first-order valence-corrected chi connectivity index (χ1v) is 11.8. The summed E-state index contributed by atoms with van der Waals surface area (Å²) >= 11 is 0. The van der Waals surface area contributed by atoms with Crippen molar-refractivity contribution in [1.29, 1.82) is 0 Å². The molecule has 182 valence electrons. The molecule has 0 spiro atoms. The van der Waals surface area contributed by atoms with Gasteiger partial charge in [-0.15, -0.1) is 0 Å². The van der Waals surface area contributed by atoms with Crippen molar-refractivity contribution in [2.45, 2.75) is 6.42 Å². The number of para-hydroxylation sites is 1. The summed E-state index contributed by atoms with van der Waals surface area (Å²) in [6, 6.07) is 17.4. The Morgan fingerprint density at radius 3 is 2.63 bits per heavy atom. The quantitative estimate of drug-likeness (QED) is 0.456. The maximum absolute atomic E-state index is 12.4. The molecule has 35 heavy (non-hydrogen) atoms. The van der Waals surface area contributed by atoms with E-state index < -0.39 is 0 Å². The lowest BCUT2D eigenvalue weighted by Gasteiger charge is -2.17. The summed E-state index contributed by atoms with van der Waals surface area (Å²) in [5.41, 5.74) is 7.91. The average molecular weight is 473 g/mol. The van der Waals surface area contributed by atoms with E-state index in [4.69, 9.17) is 10.5 Å². The first-order valence-electron chi connectivity index (χ1n) is 11.8. The molecule has 1 aromatic heterocycles. The number of likely N-dealkylation sites (N-methyl/N-ethyl adjacent to an activating group) is 1. The van der Waals surface area contributed by atoms with Crippen molar-refractivity contribution in [3.05, 3.63) is 73.1 Å². The fourth-order valence-electron chi connectivity index (χ4n) is 4.04. The van der Waals surface area contributed by atoms with Gasteiger partial charge in [-0.3, -0.25) is 4.79 Å². The maximum Gasteiger partial charge on any atom is 0.246 e. The van der Waals surface area contributed by atoms with Gasteiger partial charge in [0.2, 0.25) is 5.91 Å². The van der Waals surface area contributed by atoms with Crippen molar-refractivity contribution in [1.82, 2.24) is 19.8 Å². The highest BCUT2D eigenvalue weighted by molar-refractivity contribution is 5.88. The topological polar surface area (TPSA) is 96.6 Å². The van der Waals surface area contributed by atoms with E-state index in [0.29, 0.717) is 24.1 Å². The summed E-state index contributed by atoms with van der Waals surface area (Å²) in [7, 11) is 3.96. The van der Waals surface area contributed by atoms with Gasteiger partial charge in [-0.25, -0.2) is 9.97 Å². The van der Waals surface area contributed by atoms with Gasteiger partial charge in [0.25, 0.3) is 0 Å². The number of likely N-dealkylation sites (tertiary alicyclic amines) is 1. The van der Waals surface area contributed by atoms with Crippen LogP contribution in [0, 0.1) is 5.92 Å². The third-order valence-electron chi connectivity index (χ3n) is 5.89. The van der Waals surface area contributed by atoms with Crippen LogP contribution in [0.15, 0.2) is 73.1 Å². The summed E-state index contributed by atoms with van der Waals surface area (Å²) in [5, 5.41) is 3.44. The molecular weight excluding hydrogens is 440 g/mol. The lowest BCUT2D eigenvalue weighted by Crippen LogP contribution is -2.28. The molecule has 1 atom stereocenters. The monoisotopic (exact) mass is 472 g/mol. The van der Waals surface area contributed by atoms with E-state index in [1.165, 1.54) is 6.33 Å². The Labute approximate surface area is 206 Å². The number of nitrogens with one attached hydrogen (secondary N) is 1. The number of anilines is 2. The van der Waals surface area contributed by atoms with Crippen LogP contribution in [0.25, 0.3) is 11.1 Å². The van der Waals surface area contributed by atoms with Crippen LogP contribution in [-0.4, -0.2) is 65.9 Å². The van der Waals surface area contributed by atoms with E-state index in [2.05, 4.69) is 15.3 Å². The molecule has 4 rings (SSSR count). The van der Waals surface area contributed by atoms with E-state index in [1.54, 1.807) is 6.08 Å². The fraction of sp³-hybridized carbons (Fsp3) is 0.296. The maximum atomic E-state index is 12.4. The van der Waals surface area contributed by atoms with E-state index in [-0.39, 0.29) is 5.91 Å². The van der Waals surface area contributed by atoms with Crippen LogP contribution in [0.3, 0.4) is 0 Å². The lowest BCUT2D eigenvalue weighted by molar-refractivity contribution is -0.125. The van der Waals surface area contributed by atoms with E-state index in [9.17, 15) is 4.79 Å². The first kappa shape index (κ1) is 24.2. The minimum atomic E-state index is 0.0686. The number of carbonyl (C=O) groups excluding carboxylic acids is 1. The second-order valence-corrected chi connectivity index (χ2v) is 8.91. The van der Waals surface area contributed by atoms with Crippen LogP contribution in [0.2, 0.25) is 0 Å². The van der Waals surface area contributed by atoms with Crippen LogP contribution in [0.5, 0.6) is 11.5 Å². The van der Waals surface area contributed by atoms with Gasteiger partial charge in [-0.2, -0.15) is 0 Å². The molecule has 2 heterocycles. The standard InChI is InChI=1S/C27H32N6O2/c1-32(2)15-6-9-24(34)33-16-14-20(18-33)17-29-27-25(26(28)30-19-31-27)21-10-12-23(13-11-21)35-22-7-4-3-5-8-22/h3-13,19-20H,14-18H2,1-2H3,(H3,28,29,30,31). The lowest BCUT2D eigenvalue weighted by atomic mass is 10.1. The average Bonchev–Trinajstić information content (AvgIpc) is 3.33. The van der Waals surface area contributed by atoms with Crippen molar-refractivity contribution in [3.63, 3.8) is 0 Å². The molecule has 1 aliphatic rings. The van der Waals surface area contributed by atoms with Gasteiger partial charge in [0.15, 0.2) is 0 Å². The number of aromatic nitrogens is 2. The fourth-order valence-corrected chi connectivity index (χ4v) is 4.04. The van der Waals surface area contributed by atoms with E-state index in [0.717, 1.165) is 48.7 Å². The number of rotatable bonds is 9. The molecule has 8 heteroatoms. The normalized spacial score (nSPS) is 15.6. The highest BCUT2D eigenvalue weighted by atomic mass is 16.5. The smallest absolute Gasteiger partial charge is 0.246 e. The highest BCUT2D eigenvalue weighted by Crippen LogP contribution is 2.33. The van der Waals surface area contributed by atoms with Crippen LogP contribution >= 0.6 is 0 Å². The first-order chi connectivity index (χ1) is 17.0. The number of hydrogen-bond acceptors (Lipinski definition) is 7. The molecule has 0 aliphatic carbocycles. The van der Waals surface area contributed by atoms with Crippen LogP contribution < -0.4 is 15.8 Å². The summed E-state index contributed by atoms with van der Waals surface area (Å²) < 4.78 is 5.89. The Hall–Kier alpha value is -3.91. The molecule has 8 nitrogen and oxygen atoms in total. The third-order valence-corrected chi connectivity index (χ3v) is 5.89. The van der Waals surface area contributed by atoms with Crippen LogP contribution in [-0.2, 0) is 4.79 Å². The molecule has 1 fully saturated rings. The summed E-state index contributed by atoms with van der Waals surface area (Å²) in [6.45, 7) is 2.93. The van der Waals surface area contributed by atoms with Crippen molar-refractivity contribution < 1.29 is 9.53 Å². The number of nitrogens with zero attached hydrogens (tertiary/aromatic N) is 4. The van der Waals surface area contributed by atoms with Crippen LogP contribution in [0.1, 0.15) is 6.42 Å². The van der Waals surface area contributed by atoms with Gasteiger partial charge >= 0.3 is 0 Å². The zero-order valence-electron chi connectivity index (χ0n) is 20.2. The van der Waals surface area contributed by atoms with Gasteiger partial charge in [-0.1, -0.05) is 36.4 Å². The molecule has 0 saturated carbocycles. The summed E-state index contributed by atoms with van der Waals surface area (Å²) in [4.78, 5) is 25.0. The number of nitrogens with two attached hydrogens (primary N) is 1. The van der Waals surface area contributed by atoms with E-state index in [1.807, 2.05) is 84.6 Å². The SMILES string of the molecule is CN(C)CC=CC(=O)N1CCC(CNc2ncnc(N)c2-c2ccc(Oc3ccccc3)cc2)C1. The van der Waals surface area contributed by atoms with Gasteiger partial charge in [0, 0.05) is 32.3 Å². The zero-order valence-corrected chi connectivity index (χ0v) is 20.2. The molecule has 2 aromatic carbocycles. The molecule has 3 N–H and O–H groups in total. The largest absolute Gasteiger partial charge is 0.457 e. The molecule has 3 aromatic rings. The molecule has 0 bridgehead atoms. The zero-order chi connectivity index (χ0) is 24.6.